The van der Waals surface area contributed by atoms with Crippen LogP contribution in [0.25, 0.3) is 0 Å². The summed E-state index contributed by atoms with van der Waals surface area (Å²) in [6.45, 7) is 2.19. The average molecular weight is 322 g/mol. The highest BCUT2D eigenvalue weighted by Gasteiger charge is 2.32. The minimum atomic E-state index is -3.84. The Hall–Kier alpha value is -0.690. The molecule has 1 unspecified atom stereocenters. The molecule has 1 fully saturated rings. The molecule has 7 heteroatoms. The van der Waals surface area contributed by atoms with Gasteiger partial charge in [-0.25, -0.2) is 12.8 Å². The minimum absolute atomic E-state index is 0.00223. The maximum absolute atomic E-state index is 13.3. The Morgan fingerprint density at radius 3 is 2.75 bits per heavy atom. The lowest BCUT2D eigenvalue weighted by atomic mass is 9.98. The summed E-state index contributed by atoms with van der Waals surface area (Å²) in [5, 5.41) is 10.0. The summed E-state index contributed by atoms with van der Waals surface area (Å²) in [6.07, 6.45) is 1.44. The number of aliphatic hydroxyl groups is 1. The van der Waals surface area contributed by atoms with E-state index in [1.54, 1.807) is 6.92 Å². The second-order valence-electron chi connectivity index (χ2n) is 5.33. The van der Waals surface area contributed by atoms with Crippen LogP contribution in [0.15, 0.2) is 23.1 Å². The number of rotatable bonds is 2. The molecule has 1 aromatic rings. The fourth-order valence-corrected chi connectivity index (χ4v) is 4.26. The van der Waals surface area contributed by atoms with Crippen molar-refractivity contribution in [2.75, 3.05) is 13.1 Å². The van der Waals surface area contributed by atoms with Crippen molar-refractivity contribution in [1.82, 2.24) is 4.31 Å². The number of sulfonamides is 1. The first kappa shape index (κ1) is 15.7. The predicted molar refractivity (Wildman–Crippen MR) is 74.6 cm³/mol. The number of hydrogen-bond acceptors (Lipinski definition) is 3. The third-order valence-electron chi connectivity index (χ3n) is 3.53. The van der Waals surface area contributed by atoms with Gasteiger partial charge in [0.25, 0.3) is 0 Å². The van der Waals surface area contributed by atoms with Gasteiger partial charge in [0, 0.05) is 13.1 Å². The summed E-state index contributed by atoms with van der Waals surface area (Å²) in [4.78, 5) is -0.222. The van der Waals surface area contributed by atoms with Gasteiger partial charge >= 0.3 is 0 Å². The van der Waals surface area contributed by atoms with Gasteiger partial charge in [0.2, 0.25) is 10.0 Å². The van der Waals surface area contributed by atoms with Gasteiger partial charge in [0.15, 0.2) is 0 Å². The van der Waals surface area contributed by atoms with Gasteiger partial charge in [0.1, 0.15) is 10.7 Å². The van der Waals surface area contributed by atoms with E-state index in [0.29, 0.717) is 25.8 Å². The van der Waals surface area contributed by atoms with E-state index in [1.807, 2.05) is 0 Å². The molecule has 0 bridgehead atoms. The van der Waals surface area contributed by atoms with E-state index in [9.17, 15) is 17.9 Å². The highest BCUT2D eigenvalue weighted by molar-refractivity contribution is 7.89. The largest absolute Gasteiger partial charge is 0.390 e. The Labute approximate surface area is 123 Å². The first-order valence-electron chi connectivity index (χ1n) is 6.40. The molecule has 20 heavy (non-hydrogen) atoms. The Balaban J connectivity index is 2.33. The van der Waals surface area contributed by atoms with Crippen LogP contribution in [0.2, 0.25) is 5.02 Å². The average Bonchev–Trinajstić information content (AvgIpc) is 2.53. The molecule has 1 heterocycles. The molecule has 1 N–H and O–H groups in total. The Kier molecular flexibility index (Phi) is 4.39. The lowest BCUT2D eigenvalue weighted by Gasteiger charge is -2.22. The molecule has 112 valence electrons. The molecule has 1 aliphatic heterocycles. The Morgan fingerprint density at radius 1 is 1.35 bits per heavy atom. The van der Waals surface area contributed by atoms with Gasteiger partial charge in [-0.2, -0.15) is 4.31 Å². The van der Waals surface area contributed by atoms with Crippen LogP contribution < -0.4 is 0 Å². The smallest absolute Gasteiger partial charge is 0.244 e. The van der Waals surface area contributed by atoms with Crippen LogP contribution in [-0.2, 0) is 10.0 Å². The lowest BCUT2D eigenvalue weighted by Crippen LogP contribution is -2.33. The molecule has 0 aliphatic carbocycles. The van der Waals surface area contributed by atoms with Crippen molar-refractivity contribution in [3.8, 4) is 0 Å². The summed E-state index contributed by atoms with van der Waals surface area (Å²) in [5.41, 5.74) is -0.865. The fourth-order valence-electron chi connectivity index (χ4n) is 2.29. The monoisotopic (exact) mass is 321 g/mol. The standard InChI is InChI=1S/C13H17ClFNO3S/c1-13(17)5-2-7-16(8-6-13)20(18,19)12-9-10(15)3-4-11(12)14/h3-4,9,17H,2,5-8H2,1H3. The van der Waals surface area contributed by atoms with Crippen molar-refractivity contribution in [2.45, 2.75) is 36.7 Å². The van der Waals surface area contributed by atoms with Crippen LogP contribution >= 0.6 is 11.6 Å². The van der Waals surface area contributed by atoms with Crippen LogP contribution in [0, 0.1) is 5.82 Å². The number of benzene rings is 1. The topological polar surface area (TPSA) is 57.6 Å². The van der Waals surface area contributed by atoms with Gasteiger partial charge in [-0.05, 0) is 44.4 Å². The summed E-state index contributed by atoms with van der Waals surface area (Å²) < 4.78 is 39.6. The molecule has 2 rings (SSSR count). The van der Waals surface area contributed by atoms with Gasteiger partial charge in [-0.15, -0.1) is 0 Å². The molecule has 0 saturated carbocycles. The van der Waals surface area contributed by atoms with E-state index in [4.69, 9.17) is 11.6 Å². The number of nitrogens with zero attached hydrogens (tertiary/aromatic N) is 1. The van der Waals surface area contributed by atoms with Crippen molar-refractivity contribution < 1.29 is 17.9 Å². The number of hydrogen-bond donors (Lipinski definition) is 1. The maximum atomic E-state index is 13.3. The van der Waals surface area contributed by atoms with E-state index in [0.717, 1.165) is 12.1 Å². The molecular formula is C13H17ClFNO3S. The van der Waals surface area contributed by atoms with E-state index < -0.39 is 21.4 Å². The van der Waals surface area contributed by atoms with Gasteiger partial charge < -0.3 is 5.11 Å². The third kappa shape index (κ3) is 3.31. The van der Waals surface area contributed by atoms with Gasteiger partial charge in [-0.1, -0.05) is 11.6 Å². The summed E-state index contributed by atoms with van der Waals surface area (Å²) in [6, 6.07) is 3.28. The molecular weight excluding hydrogens is 305 g/mol. The second kappa shape index (κ2) is 5.60. The van der Waals surface area contributed by atoms with Crippen LogP contribution in [0.4, 0.5) is 4.39 Å². The normalized spacial score (nSPS) is 25.4. The van der Waals surface area contributed by atoms with Crippen LogP contribution in [0.3, 0.4) is 0 Å². The van der Waals surface area contributed by atoms with Crippen LogP contribution in [-0.4, -0.2) is 36.5 Å². The SMILES string of the molecule is CC1(O)CCCN(S(=O)(=O)c2cc(F)ccc2Cl)CC1. The highest BCUT2D eigenvalue weighted by Crippen LogP contribution is 2.29. The third-order valence-corrected chi connectivity index (χ3v) is 5.91. The highest BCUT2D eigenvalue weighted by atomic mass is 35.5. The molecule has 0 spiro atoms. The Bertz CT molecular complexity index is 604. The van der Waals surface area contributed by atoms with Crippen molar-refractivity contribution >= 4 is 21.6 Å². The molecule has 1 aromatic carbocycles. The molecule has 1 saturated heterocycles. The zero-order valence-electron chi connectivity index (χ0n) is 11.1. The quantitative estimate of drug-likeness (QED) is 0.910. The van der Waals surface area contributed by atoms with Crippen molar-refractivity contribution in [3.63, 3.8) is 0 Å². The summed E-state index contributed by atoms with van der Waals surface area (Å²) in [7, 11) is -3.84. The van der Waals surface area contributed by atoms with Gasteiger partial charge in [0.05, 0.1) is 10.6 Å². The molecule has 0 radical (unpaired) electrons. The molecule has 0 aromatic heterocycles. The molecule has 1 aliphatic rings. The first-order chi connectivity index (χ1) is 9.22. The Morgan fingerprint density at radius 2 is 2.05 bits per heavy atom. The van der Waals surface area contributed by atoms with Crippen molar-refractivity contribution in [3.05, 3.63) is 29.0 Å². The maximum Gasteiger partial charge on any atom is 0.244 e. The molecule has 0 amide bonds. The molecule has 1 atom stereocenters. The first-order valence-corrected chi connectivity index (χ1v) is 8.22. The van der Waals surface area contributed by atoms with Crippen molar-refractivity contribution in [2.24, 2.45) is 0 Å². The lowest BCUT2D eigenvalue weighted by molar-refractivity contribution is 0.0465. The minimum Gasteiger partial charge on any atom is -0.390 e. The van der Waals surface area contributed by atoms with E-state index in [-0.39, 0.29) is 16.5 Å². The summed E-state index contributed by atoms with van der Waals surface area (Å²) >= 11 is 5.87. The van der Waals surface area contributed by atoms with Crippen LogP contribution in [0.5, 0.6) is 0 Å². The zero-order valence-corrected chi connectivity index (χ0v) is 12.7. The summed E-state index contributed by atoms with van der Waals surface area (Å²) in [5.74, 6) is -0.644. The van der Waals surface area contributed by atoms with Crippen molar-refractivity contribution in [1.29, 1.82) is 0 Å². The predicted octanol–water partition coefficient (Wildman–Crippen LogP) is 2.40. The zero-order chi connectivity index (χ0) is 15.0. The molecule has 4 nitrogen and oxygen atoms in total. The second-order valence-corrected chi connectivity index (χ2v) is 7.64. The van der Waals surface area contributed by atoms with E-state index >= 15 is 0 Å². The van der Waals surface area contributed by atoms with Crippen LogP contribution in [0.1, 0.15) is 26.2 Å². The fraction of sp³-hybridized carbons (Fsp3) is 0.538. The van der Waals surface area contributed by atoms with E-state index in [2.05, 4.69) is 0 Å². The van der Waals surface area contributed by atoms with Gasteiger partial charge in [-0.3, -0.25) is 0 Å². The van der Waals surface area contributed by atoms with E-state index in [1.165, 1.54) is 10.4 Å². The number of halogens is 2.